The molecular formula is C29H23ClN8. The molecule has 0 aliphatic carbocycles. The summed E-state index contributed by atoms with van der Waals surface area (Å²) in [5.41, 5.74) is 5.53. The number of H-pyrrole nitrogens is 1. The van der Waals surface area contributed by atoms with Gasteiger partial charge in [0.1, 0.15) is 11.8 Å². The van der Waals surface area contributed by atoms with Crippen LogP contribution in [0.25, 0.3) is 10.9 Å². The third-order valence-electron chi connectivity index (χ3n) is 6.36. The number of anilines is 2. The first-order valence-corrected chi connectivity index (χ1v) is 12.4. The van der Waals surface area contributed by atoms with Crippen molar-refractivity contribution in [2.24, 2.45) is 0 Å². The molecule has 0 amide bonds. The highest BCUT2D eigenvalue weighted by Crippen LogP contribution is 2.37. The van der Waals surface area contributed by atoms with Crippen molar-refractivity contribution in [1.29, 1.82) is 10.5 Å². The molecule has 1 unspecified atom stereocenters. The zero-order valence-corrected chi connectivity index (χ0v) is 21.2. The third kappa shape index (κ3) is 4.99. The topological polar surface area (TPSA) is 126 Å². The van der Waals surface area contributed by atoms with E-state index >= 15 is 0 Å². The summed E-state index contributed by atoms with van der Waals surface area (Å²) in [4.78, 5) is 4.48. The van der Waals surface area contributed by atoms with E-state index in [1.54, 1.807) is 24.5 Å². The predicted molar refractivity (Wildman–Crippen MR) is 148 cm³/mol. The van der Waals surface area contributed by atoms with Gasteiger partial charge >= 0.3 is 0 Å². The molecule has 0 fully saturated rings. The lowest BCUT2D eigenvalue weighted by Gasteiger charge is -2.22. The van der Waals surface area contributed by atoms with Gasteiger partial charge in [0.05, 0.1) is 51.7 Å². The van der Waals surface area contributed by atoms with Gasteiger partial charge < -0.3 is 10.6 Å². The summed E-state index contributed by atoms with van der Waals surface area (Å²) in [5.74, 6) is 0. The van der Waals surface area contributed by atoms with Crippen molar-refractivity contribution in [3.63, 3.8) is 0 Å². The Hall–Kier alpha value is -4.92. The first-order chi connectivity index (χ1) is 18.6. The van der Waals surface area contributed by atoms with Crippen LogP contribution in [0.2, 0.25) is 5.02 Å². The summed E-state index contributed by atoms with van der Waals surface area (Å²) >= 11 is 6.73. The zero-order valence-electron chi connectivity index (χ0n) is 20.5. The molecule has 0 saturated carbocycles. The second-order valence-electron chi connectivity index (χ2n) is 8.74. The number of hydrogen-bond donors (Lipinski definition) is 3. The van der Waals surface area contributed by atoms with E-state index < -0.39 is 6.04 Å². The molecule has 2 atom stereocenters. The number of halogens is 1. The summed E-state index contributed by atoms with van der Waals surface area (Å²) < 4.78 is 0. The van der Waals surface area contributed by atoms with Crippen molar-refractivity contribution in [2.45, 2.75) is 25.4 Å². The molecule has 0 radical (unpaired) electrons. The molecule has 0 bridgehead atoms. The van der Waals surface area contributed by atoms with Crippen LogP contribution in [0.5, 0.6) is 0 Å². The summed E-state index contributed by atoms with van der Waals surface area (Å²) in [6.07, 6.45) is 3.99. The van der Waals surface area contributed by atoms with Gasteiger partial charge in [0, 0.05) is 17.3 Å². The van der Waals surface area contributed by atoms with Crippen molar-refractivity contribution in [2.75, 3.05) is 10.6 Å². The standard InChI is InChI=1S/C29H23ClN8/c1-2-25(19-8-4-3-5-9-19)36-27-21(15-32)16-33-29-23(27)12-22(13-24(29)30)35-28(26-17-34-38-37-26)20-10-6-7-18(11-20)14-31/h3-13,16-17,25,28,35H,2H2,1H3,(H,33,36)(H,34,37,38)/t25-,28?/m1/s1. The van der Waals surface area contributed by atoms with Crippen LogP contribution >= 0.6 is 11.6 Å². The number of nitrogens with zero attached hydrogens (tertiary/aromatic N) is 5. The normalized spacial score (nSPS) is 12.3. The Balaban J connectivity index is 1.60. The van der Waals surface area contributed by atoms with E-state index in [4.69, 9.17) is 11.6 Å². The summed E-state index contributed by atoms with van der Waals surface area (Å²) in [6.45, 7) is 2.10. The average Bonchev–Trinajstić information content (AvgIpc) is 3.50. The third-order valence-corrected chi connectivity index (χ3v) is 6.65. The Morgan fingerprint density at radius 1 is 0.947 bits per heavy atom. The van der Waals surface area contributed by atoms with Crippen molar-refractivity contribution >= 4 is 33.9 Å². The molecule has 2 aromatic heterocycles. The second-order valence-corrected chi connectivity index (χ2v) is 9.15. The highest BCUT2D eigenvalue weighted by molar-refractivity contribution is 6.35. The lowest BCUT2D eigenvalue weighted by Crippen LogP contribution is -2.14. The Morgan fingerprint density at radius 3 is 2.47 bits per heavy atom. The fourth-order valence-electron chi connectivity index (χ4n) is 4.50. The highest BCUT2D eigenvalue weighted by atomic mass is 35.5. The van der Waals surface area contributed by atoms with E-state index in [1.807, 2.05) is 42.5 Å². The largest absolute Gasteiger partial charge is 0.377 e. The molecule has 3 aromatic carbocycles. The Bertz CT molecular complexity index is 1650. The molecule has 8 nitrogen and oxygen atoms in total. The van der Waals surface area contributed by atoms with E-state index in [9.17, 15) is 10.5 Å². The highest BCUT2D eigenvalue weighted by Gasteiger charge is 2.21. The van der Waals surface area contributed by atoms with Gasteiger partial charge in [-0.05, 0) is 41.8 Å². The van der Waals surface area contributed by atoms with Crippen molar-refractivity contribution in [3.05, 3.63) is 112 Å². The molecule has 5 aromatic rings. The quantitative estimate of drug-likeness (QED) is 0.213. The van der Waals surface area contributed by atoms with Gasteiger partial charge in [0.15, 0.2) is 0 Å². The van der Waals surface area contributed by atoms with E-state index in [-0.39, 0.29) is 6.04 Å². The van der Waals surface area contributed by atoms with Gasteiger partial charge in [-0.25, -0.2) is 0 Å². The van der Waals surface area contributed by atoms with Crippen LogP contribution < -0.4 is 10.6 Å². The fourth-order valence-corrected chi connectivity index (χ4v) is 4.76. The number of nitrogens with one attached hydrogen (secondary N) is 3. The lowest BCUT2D eigenvalue weighted by molar-refractivity contribution is 0.750. The van der Waals surface area contributed by atoms with Gasteiger partial charge in [-0.15, -0.1) is 0 Å². The smallest absolute Gasteiger partial charge is 0.109 e. The summed E-state index contributed by atoms with van der Waals surface area (Å²) in [5, 5.41) is 38.5. The van der Waals surface area contributed by atoms with E-state index in [1.165, 1.54) is 0 Å². The predicted octanol–water partition coefficient (Wildman–Crippen LogP) is 6.51. The Labute approximate surface area is 224 Å². The average molecular weight is 519 g/mol. The number of aromatic amines is 1. The molecule has 0 saturated heterocycles. The maximum absolute atomic E-state index is 9.92. The fraction of sp³-hybridized carbons (Fsp3) is 0.138. The van der Waals surface area contributed by atoms with Crippen LogP contribution in [0, 0.1) is 22.7 Å². The Morgan fingerprint density at radius 2 is 1.76 bits per heavy atom. The van der Waals surface area contributed by atoms with Crippen LogP contribution in [0.15, 0.2) is 79.1 Å². The monoisotopic (exact) mass is 518 g/mol. The van der Waals surface area contributed by atoms with Crippen molar-refractivity contribution < 1.29 is 0 Å². The molecule has 38 heavy (non-hydrogen) atoms. The number of pyridine rings is 1. The number of fused-ring (bicyclic) bond motifs is 1. The Kier molecular flexibility index (Phi) is 7.17. The number of aromatic nitrogens is 4. The lowest BCUT2D eigenvalue weighted by atomic mass is 10.0. The second kappa shape index (κ2) is 11.0. The zero-order chi connectivity index (χ0) is 26.5. The minimum Gasteiger partial charge on any atom is -0.377 e. The van der Waals surface area contributed by atoms with Crippen molar-refractivity contribution in [3.8, 4) is 12.1 Å². The number of hydrogen-bond acceptors (Lipinski definition) is 7. The number of rotatable bonds is 8. The van der Waals surface area contributed by atoms with Crippen LogP contribution in [-0.4, -0.2) is 20.4 Å². The maximum atomic E-state index is 9.92. The van der Waals surface area contributed by atoms with E-state index in [0.29, 0.717) is 38.7 Å². The minimum absolute atomic E-state index is 0.0131. The SMILES string of the molecule is CC[C@@H](Nc1c(C#N)cnc2c(Cl)cc(NC(c3cccc(C#N)c3)c3cn[nH]n3)cc12)c1ccccc1. The van der Waals surface area contributed by atoms with Gasteiger partial charge in [0.25, 0.3) is 0 Å². The molecular weight excluding hydrogens is 496 g/mol. The molecule has 0 aliphatic rings. The molecule has 9 heteroatoms. The molecule has 3 N–H and O–H groups in total. The number of nitriles is 2. The van der Waals surface area contributed by atoms with E-state index in [2.05, 4.69) is 62.2 Å². The maximum Gasteiger partial charge on any atom is 0.109 e. The van der Waals surface area contributed by atoms with Gasteiger partial charge in [-0.2, -0.15) is 25.9 Å². The van der Waals surface area contributed by atoms with Crippen LogP contribution in [0.4, 0.5) is 11.4 Å². The molecule has 186 valence electrons. The first-order valence-electron chi connectivity index (χ1n) is 12.1. The molecule has 2 heterocycles. The molecule has 0 spiro atoms. The van der Waals surface area contributed by atoms with Gasteiger partial charge in [-0.1, -0.05) is 61.0 Å². The number of benzene rings is 3. The van der Waals surface area contributed by atoms with Gasteiger partial charge in [0.2, 0.25) is 0 Å². The van der Waals surface area contributed by atoms with Crippen molar-refractivity contribution in [1.82, 2.24) is 20.4 Å². The van der Waals surface area contributed by atoms with Crippen LogP contribution in [0.1, 0.15) is 53.4 Å². The van der Waals surface area contributed by atoms with E-state index in [0.717, 1.165) is 22.9 Å². The van der Waals surface area contributed by atoms with Gasteiger partial charge in [-0.3, -0.25) is 4.98 Å². The van der Waals surface area contributed by atoms with Crippen LogP contribution in [-0.2, 0) is 0 Å². The summed E-state index contributed by atoms with van der Waals surface area (Å²) in [6, 6.07) is 25.2. The minimum atomic E-state index is -0.410. The molecule has 0 aliphatic heterocycles. The van der Waals surface area contributed by atoms with Crippen LogP contribution in [0.3, 0.4) is 0 Å². The summed E-state index contributed by atoms with van der Waals surface area (Å²) in [7, 11) is 0. The molecule has 5 rings (SSSR count). The first kappa shape index (κ1) is 24.8.